The van der Waals surface area contributed by atoms with Gasteiger partial charge in [0.05, 0.1) is 15.7 Å². The van der Waals surface area contributed by atoms with E-state index in [2.05, 4.69) is 10.1 Å². The fraction of sp³-hybridized carbons (Fsp3) is 0.143. The second kappa shape index (κ2) is 4.51. The van der Waals surface area contributed by atoms with Gasteiger partial charge in [-0.25, -0.2) is 0 Å². The molecule has 0 bridgehead atoms. The second-order valence-electron chi connectivity index (χ2n) is 4.39. The summed E-state index contributed by atoms with van der Waals surface area (Å²) >= 11 is 12.1. The summed E-state index contributed by atoms with van der Waals surface area (Å²) in [7, 11) is 1.93. The molecule has 0 amide bonds. The van der Waals surface area contributed by atoms with Crippen LogP contribution in [0.5, 0.6) is 0 Å². The van der Waals surface area contributed by atoms with Crippen LogP contribution < -0.4 is 0 Å². The highest BCUT2D eigenvalue weighted by molar-refractivity contribution is 6.36. The highest BCUT2D eigenvalue weighted by atomic mass is 35.5. The molecule has 0 saturated heterocycles. The van der Waals surface area contributed by atoms with Crippen molar-refractivity contribution in [1.29, 1.82) is 0 Å². The molecule has 0 aliphatic rings. The van der Waals surface area contributed by atoms with Crippen LogP contribution in [0.15, 0.2) is 30.5 Å². The molecule has 1 aromatic carbocycles. The van der Waals surface area contributed by atoms with Gasteiger partial charge in [0.1, 0.15) is 5.52 Å². The largest absolute Gasteiger partial charge is 0.272 e. The Hall–Kier alpha value is -1.58. The Morgan fingerprint density at radius 2 is 2.00 bits per heavy atom. The van der Waals surface area contributed by atoms with Crippen molar-refractivity contribution in [2.24, 2.45) is 7.05 Å². The average molecular weight is 292 g/mol. The van der Waals surface area contributed by atoms with Crippen LogP contribution >= 0.6 is 23.2 Å². The minimum Gasteiger partial charge on any atom is -0.272 e. The molecular weight excluding hydrogens is 281 g/mol. The summed E-state index contributed by atoms with van der Waals surface area (Å²) in [4.78, 5) is 4.32. The summed E-state index contributed by atoms with van der Waals surface area (Å²) in [5.41, 5.74) is 3.64. The number of fused-ring (bicyclic) bond motifs is 1. The summed E-state index contributed by atoms with van der Waals surface area (Å²) in [6.07, 6.45) is 1.59. The molecule has 3 nitrogen and oxygen atoms in total. The van der Waals surface area contributed by atoms with Crippen molar-refractivity contribution in [3.63, 3.8) is 0 Å². The number of hydrogen-bond acceptors (Lipinski definition) is 2. The van der Waals surface area contributed by atoms with Gasteiger partial charge >= 0.3 is 0 Å². The third-order valence-corrected chi connectivity index (χ3v) is 3.72. The number of hydrogen-bond donors (Lipinski definition) is 0. The number of halogens is 2. The molecule has 2 aromatic heterocycles. The van der Waals surface area contributed by atoms with Crippen LogP contribution in [0.4, 0.5) is 0 Å². The van der Waals surface area contributed by atoms with E-state index in [0.717, 1.165) is 22.2 Å². The molecule has 0 spiro atoms. The molecular formula is C14H11Cl2N3. The molecule has 0 atom stereocenters. The lowest BCUT2D eigenvalue weighted by atomic mass is 10.1. The Balaban J connectivity index is 2.33. The van der Waals surface area contributed by atoms with Crippen molar-refractivity contribution < 1.29 is 0 Å². The Labute approximate surface area is 120 Å². The normalized spacial score (nSPS) is 11.2. The minimum absolute atomic E-state index is 0.526. The van der Waals surface area contributed by atoms with E-state index in [-0.39, 0.29) is 0 Å². The van der Waals surface area contributed by atoms with Crippen LogP contribution in [0.3, 0.4) is 0 Å². The third kappa shape index (κ3) is 1.99. The molecule has 0 N–H and O–H groups in total. The van der Waals surface area contributed by atoms with E-state index in [1.54, 1.807) is 12.3 Å². The van der Waals surface area contributed by atoms with E-state index in [0.29, 0.717) is 15.7 Å². The first-order valence-electron chi connectivity index (χ1n) is 5.81. The predicted molar refractivity (Wildman–Crippen MR) is 78.7 cm³/mol. The maximum absolute atomic E-state index is 6.23. The molecule has 0 radical (unpaired) electrons. The maximum atomic E-state index is 6.23. The van der Waals surface area contributed by atoms with Crippen LogP contribution in [0.1, 0.15) is 5.69 Å². The predicted octanol–water partition coefficient (Wildman–Crippen LogP) is 4.25. The van der Waals surface area contributed by atoms with Crippen LogP contribution in [-0.4, -0.2) is 14.8 Å². The molecule has 3 rings (SSSR count). The maximum Gasteiger partial charge on any atom is 0.102 e. The highest BCUT2D eigenvalue weighted by Crippen LogP contribution is 2.33. The van der Waals surface area contributed by atoms with Crippen molar-refractivity contribution in [2.45, 2.75) is 6.92 Å². The molecule has 0 aliphatic carbocycles. The van der Waals surface area contributed by atoms with Crippen molar-refractivity contribution in [3.8, 4) is 11.3 Å². The van der Waals surface area contributed by atoms with E-state index < -0.39 is 0 Å². The molecule has 5 heteroatoms. The van der Waals surface area contributed by atoms with Crippen LogP contribution in [0.2, 0.25) is 10.0 Å². The summed E-state index contributed by atoms with van der Waals surface area (Å²) in [6, 6.07) is 7.70. The SMILES string of the molecule is Cc1c2cccc(-c3ncc(Cl)cc3Cl)c2nn1C. The first-order chi connectivity index (χ1) is 9.08. The summed E-state index contributed by atoms with van der Waals surface area (Å²) in [6.45, 7) is 2.04. The van der Waals surface area contributed by atoms with Gasteiger partial charge in [0, 0.05) is 29.9 Å². The molecule has 2 heterocycles. The van der Waals surface area contributed by atoms with Crippen molar-refractivity contribution in [3.05, 3.63) is 46.2 Å². The van der Waals surface area contributed by atoms with Crippen LogP contribution in [-0.2, 0) is 7.05 Å². The van der Waals surface area contributed by atoms with E-state index in [4.69, 9.17) is 23.2 Å². The molecule has 0 unspecified atom stereocenters. The fourth-order valence-electron chi connectivity index (χ4n) is 2.15. The first kappa shape index (κ1) is 12.5. The number of rotatable bonds is 1. The van der Waals surface area contributed by atoms with Gasteiger partial charge in [-0.05, 0) is 13.0 Å². The number of aryl methyl sites for hydroxylation is 2. The van der Waals surface area contributed by atoms with Gasteiger partial charge in [0.15, 0.2) is 0 Å². The van der Waals surface area contributed by atoms with E-state index in [1.807, 2.05) is 36.9 Å². The fourth-order valence-corrected chi connectivity index (χ4v) is 2.63. The zero-order valence-corrected chi connectivity index (χ0v) is 12.0. The van der Waals surface area contributed by atoms with Gasteiger partial charge in [-0.2, -0.15) is 5.10 Å². The standard InChI is InChI=1S/C14H11Cl2N3/c1-8-10-4-3-5-11(13(10)18-19(8)2)14-12(16)6-9(15)7-17-14/h3-7H,1-2H3. The molecule has 19 heavy (non-hydrogen) atoms. The lowest BCUT2D eigenvalue weighted by Gasteiger charge is -2.04. The molecule has 0 aliphatic heterocycles. The molecule has 0 saturated carbocycles. The van der Waals surface area contributed by atoms with Crippen molar-refractivity contribution in [1.82, 2.24) is 14.8 Å². The summed E-state index contributed by atoms with van der Waals surface area (Å²) < 4.78 is 1.86. The van der Waals surface area contributed by atoms with Crippen LogP contribution in [0.25, 0.3) is 22.2 Å². The summed E-state index contributed by atoms with van der Waals surface area (Å²) in [5.74, 6) is 0. The van der Waals surface area contributed by atoms with Gasteiger partial charge in [0.25, 0.3) is 0 Å². The topological polar surface area (TPSA) is 30.7 Å². The number of pyridine rings is 1. The van der Waals surface area contributed by atoms with Crippen molar-refractivity contribution in [2.75, 3.05) is 0 Å². The van der Waals surface area contributed by atoms with Gasteiger partial charge in [-0.15, -0.1) is 0 Å². The quantitative estimate of drug-likeness (QED) is 0.671. The van der Waals surface area contributed by atoms with Gasteiger partial charge in [0.2, 0.25) is 0 Å². The average Bonchev–Trinajstić information content (AvgIpc) is 2.66. The van der Waals surface area contributed by atoms with E-state index in [1.165, 1.54) is 0 Å². The lowest BCUT2D eigenvalue weighted by Crippen LogP contribution is -1.92. The Bertz CT molecular complexity index is 778. The number of benzene rings is 1. The zero-order chi connectivity index (χ0) is 13.6. The minimum atomic E-state index is 0.526. The number of aromatic nitrogens is 3. The molecule has 0 fully saturated rings. The monoisotopic (exact) mass is 291 g/mol. The first-order valence-corrected chi connectivity index (χ1v) is 6.57. The van der Waals surface area contributed by atoms with Gasteiger partial charge < -0.3 is 0 Å². The zero-order valence-electron chi connectivity index (χ0n) is 10.5. The Morgan fingerprint density at radius 1 is 1.21 bits per heavy atom. The molecule has 96 valence electrons. The highest BCUT2D eigenvalue weighted by Gasteiger charge is 2.13. The third-order valence-electron chi connectivity index (χ3n) is 3.22. The number of nitrogens with zero attached hydrogens (tertiary/aromatic N) is 3. The lowest BCUT2D eigenvalue weighted by molar-refractivity contribution is 0.751. The van der Waals surface area contributed by atoms with Crippen molar-refractivity contribution >= 4 is 34.1 Å². The van der Waals surface area contributed by atoms with Gasteiger partial charge in [-0.1, -0.05) is 41.4 Å². The van der Waals surface area contributed by atoms with Gasteiger partial charge in [-0.3, -0.25) is 9.67 Å². The summed E-state index contributed by atoms with van der Waals surface area (Å²) in [5, 5.41) is 6.70. The smallest absolute Gasteiger partial charge is 0.102 e. The van der Waals surface area contributed by atoms with E-state index >= 15 is 0 Å². The Kier molecular flexibility index (Phi) is 2.96. The molecule has 3 aromatic rings. The van der Waals surface area contributed by atoms with Crippen LogP contribution in [0, 0.1) is 6.92 Å². The second-order valence-corrected chi connectivity index (χ2v) is 5.24. The Morgan fingerprint density at radius 3 is 2.74 bits per heavy atom. The van der Waals surface area contributed by atoms with E-state index in [9.17, 15) is 0 Å².